The number of sulfonamides is 1. The first-order valence-electron chi connectivity index (χ1n) is 12.2. The molecule has 4 aromatic rings. The highest BCUT2D eigenvalue weighted by atomic mass is 32.2. The molecule has 7 nitrogen and oxygen atoms in total. The minimum Gasteiger partial charge on any atom is -0.468 e. The Morgan fingerprint density at radius 2 is 1.61 bits per heavy atom. The number of nitrogens with one attached hydrogen (secondary N) is 2. The van der Waals surface area contributed by atoms with Crippen molar-refractivity contribution in [3.8, 4) is 11.1 Å². The van der Waals surface area contributed by atoms with Crippen LogP contribution in [-0.2, 0) is 26.0 Å². The van der Waals surface area contributed by atoms with E-state index in [1.807, 2.05) is 85.8 Å². The van der Waals surface area contributed by atoms with Gasteiger partial charge in [0.25, 0.3) is 0 Å². The highest BCUT2D eigenvalue weighted by Crippen LogP contribution is 2.26. The van der Waals surface area contributed by atoms with Crippen LogP contribution in [0.3, 0.4) is 0 Å². The number of hydrogen-bond acceptors (Lipinski definition) is 6. The standard InChI is InChI=1S/C30H31N3O4S/c1-20-16-21(2)29(22(3)17-20)38(35,36)33-27(30(34)37-4)18-23-11-13-24(14-12-23)25-8-7-9-26(19-25)32-28-10-5-6-15-31-28/h5-17,19,27,33H,18H2,1-4H3,(H,31,32)/t27-/m0/s1. The van der Waals surface area contributed by atoms with E-state index in [0.29, 0.717) is 11.1 Å². The lowest BCUT2D eigenvalue weighted by Gasteiger charge is -2.19. The molecular weight excluding hydrogens is 498 g/mol. The Balaban J connectivity index is 1.53. The normalized spacial score (nSPS) is 12.1. The van der Waals surface area contributed by atoms with E-state index < -0.39 is 22.0 Å². The summed E-state index contributed by atoms with van der Waals surface area (Å²) in [6.07, 6.45) is 1.88. The van der Waals surface area contributed by atoms with E-state index in [-0.39, 0.29) is 11.3 Å². The highest BCUT2D eigenvalue weighted by molar-refractivity contribution is 7.89. The fraction of sp³-hybridized carbons (Fsp3) is 0.200. The maximum absolute atomic E-state index is 13.3. The lowest BCUT2D eigenvalue weighted by Crippen LogP contribution is -2.43. The van der Waals surface area contributed by atoms with Crippen molar-refractivity contribution in [1.82, 2.24) is 9.71 Å². The molecule has 0 fully saturated rings. The zero-order chi connectivity index (χ0) is 27.3. The van der Waals surface area contributed by atoms with E-state index in [0.717, 1.165) is 33.8 Å². The quantitative estimate of drug-likeness (QED) is 0.279. The average Bonchev–Trinajstić information content (AvgIpc) is 2.88. The van der Waals surface area contributed by atoms with Crippen LogP contribution in [0.4, 0.5) is 11.5 Å². The third kappa shape index (κ3) is 6.45. The first kappa shape index (κ1) is 27.0. The Bertz CT molecular complexity index is 1510. The van der Waals surface area contributed by atoms with E-state index in [2.05, 4.69) is 15.0 Å². The summed E-state index contributed by atoms with van der Waals surface area (Å²) in [6, 6.07) is 23.9. The lowest BCUT2D eigenvalue weighted by molar-refractivity contribution is -0.142. The van der Waals surface area contributed by atoms with Crippen molar-refractivity contribution >= 4 is 27.5 Å². The number of methoxy groups -OCH3 is 1. The predicted molar refractivity (Wildman–Crippen MR) is 150 cm³/mol. The average molecular weight is 530 g/mol. The molecule has 196 valence electrons. The zero-order valence-corrected chi connectivity index (χ0v) is 22.7. The number of ether oxygens (including phenoxy) is 1. The van der Waals surface area contributed by atoms with E-state index >= 15 is 0 Å². The van der Waals surface area contributed by atoms with Crippen molar-refractivity contribution in [1.29, 1.82) is 0 Å². The van der Waals surface area contributed by atoms with Gasteiger partial charge in [0, 0.05) is 11.9 Å². The molecule has 0 aliphatic heterocycles. The number of carbonyl (C=O) groups is 1. The Morgan fingerprint density at radius 3 is 2.24 bits per heavy atom. The van der Waals surface area contributed by atoms with Crippen molar-refractivity contribution in [3.63, 3.8) is 0 Å². The number of aryl methyl sites for hydroxylation is 3. The van der Waals surface area contributed by atoms with E-state index in [1.54, 1.807) is 20.0 Å². The Morgan fingerprint density at radius 1 is 0.895 bits per heavy atom. The molecule has 2 N–H and O–H groups in total. The molecule has 0 saturated heterocycles. The van der Waals surface area contributed by atoms with Gasteiger partial charge in [-0.25, -0.2) is 13.4 Å². The van der Waals surface area contributed by atoms with Crippen molar-refractivity contribution in [2.24, 2.45) is 0 Å². The molecule has 0 amide bonds. The number of nitrogens with zero attached hydrogens (tertiary/aromatic N) is 1. The van der Waals surface area contributed by atoms with Gasteiger partial charge >= 0.3 is 5.97 Å². The summed E-state index contributed by atoms with van der Waals surface area (Å²) in [7, 11) is -2.71. The molecular formula is C30H31N3O4S. The van der Waals surface area contributed by atoms with Crippen LogP contribution in [0.2, 0.25) is 0 Å². The van der Waals surface area contributed by atoms with Gasteiger partial charge in [-0.2, -0.15) is 4.72 Å². The number of esters is 1. The van der Waals surface area contributed by atoms with Crippen molar-refractivity contribution in [2.45, 2.75) is 38.1 Å². The molecule has 0 aliphatic rings. The molecule has 0 spiro atoms. The Labute approximate surface area is 224 Å². The molecule has 0 bridgehead atoms. The summed E-state index contributed by atoms with van der Waals surface area (Å²) in [4.78, 5) is 17.0. The first-order valence-corrected chi connectivity index (χ1v) is 13.7. The molecule has 0 aliphatic carbocycles. The molecule has 1 atom stereocenters. The number of rotatable bonds is 9. The topological polar surface area (TPSA) is 97.4 Å². The third-order valence-electron chi connectivity index (χ3n) is 6.18. The summed E-state index contributed by atoms with van der Waals surface area (Å²) in [6.45, 7) is 5.42. The Kier molecular flexibility index (Phi) is 8.24. The summed E-state index contributed by atoms with van der Waals surface area (Å²) >= 11 is 0. The van der Waals surface area contributed by atoms with Crippen LogP contribution in [0.5, 0.6) is 0 Å². The summed E-state index contributed by atoms with van der Waals surface area (Å²) < 4.78 is 34.1. The molecule has 1 aromatic heterocycles. The lowest BCUT2D eigenvalue weighted by atomic mass is 10.0. The molecule has 38 heavy (non-hydrogen) atoms. The molecule has 4 rings (SSSR count). The molecule has 8 heteroatoms. The van der Waals surface area contributed by atoms with Gasteiger partial charge in [-0.15, -0.1) is 0 Å². The molecule has 0 saturated carbocycles. The number of hydrogen-bond donors (Lipinski definition) is 2. The van der Waals surface area contributed by atoms with Gasteiger partial charge in [-0.05, 0) is 79.3 Å². The molecule has 1 heterocycles. The summed E-state index contributed by atoms with van der Waals surface area (Å²) in [5.41, 5.74) is 5.93. The summed E-state index contributed by atoms with van der Waals surface area (Å²) in [5.74, 6) is 0.112. The smallest absolute Gasteiger partial charge is 0.324 e. The molecule has 0 unspecified atom stereocenters. The van der Waals surface area contributed by atoms with Gasteiger partial charge in [0.15, 0.2) is 0 Å². The highest BCUT2D eigenvalue weighted by Gasteiger charge is 2.29. The number of benzene rings is 3. The minimum atomic E-state index is -3.96. The van der Waals surface area contributed by atoms with Crippen LogP contribution in [0.15, 0.2) is 90.0 Å². The van der Waals surface area contributed by atoms with Crippen molar-refractivity contribution < 1.29 is 17.9 Å². The fourth-order valence-corrected chi connectivity index (χ4v) is 6.22. The van der Waals surface area contributed by atoms with Crippen LogP contribution in [0.1, 0.15) is 22.3 Å². The fourth-order valence-electron chi connectivity index (χ4n) is 4.58. The molecule has 3 aromatic carbocycles. The largest absolute Gasteiger partial charge is 0.468 e. The van der Waals surface area contributed by atoms with Crippen molar-refractivity contribution in [2.75, 3.05) is 12.4 Å². The van der Waals surface area contributed by atoms with E-state index in [9.17, 15) is 13.2 Å². The van der Waals surface area contributed by atoms with Crippen LogP contribution in [0, 0.1) is 20.8 Å². The first-order chi connectivity index (χ1) is 18.2. The molecule has 0 radical (unpaired) electrons. The number of pyridine rings is 1. The van der Waals surface area contributed by atoms with Gasteiger partial charge in [0.05, 0.1) is 12.0 Å². The third-order valence-corrected chi connectivity index (χ3v) is 7.96. The minimum absolute atomic E-state index is 0.150. The van der Waals surface area contributed by atoms with Gasteiger partial charge in [-0.1, -0.05) is 60.2 Å². The van der Waals surface area contributed by atoms with Crippen molar-refractivity contribution in [3.05, 3.63) is 107 Å². The monoisotopic (exact) mass is 529 g/mol. The van der Waals surface area contributed by atoms with Crippen LogP contribution in [0.25, 0.3) is 11.1 Å². The van der Waals surface area contributed by atoms with E-state index in [1.165, 1.54) is 7.11 Å². The van der Waals surface area contributed by atoms with Gasteiger partial charge < -0.3 is 10.1 Å². The van der Waals surface area contributed by atoms with Gasteiger partial charge in [-0.3, -0.25) is 4.79 Å². The van der Waals surface area contributed by atoms with Crippen LogP contribution >= 0.6 is 0 Å². The second kappa shape index (κ2) is 11.6. The zero-order valence-electron chi connectivity index (χ0n) is 21.9. The maximum Gasteiger partial charge on any atom is 0.324 e. The van der Waals surface area contributed by atoms with Gasteiger partial charge in [0.1, 0.15) is 11.9 Å². The number of anilines is 2. The second-order valence-corrected chi connectivity index (χ2v) is 10.9. The summed E-state index contributed by atoms with van der Waals surface area (Å²) in [5, 5.41) is 3.29. The predicted octanol–water partition coefficient (Wildman–Crippen LogP) is 5.48. The SMILES string of the molecule is COC(=O)[C@H](Cc1ccc(-c2cccc(Nc3ccccn3)c2)cc1)NS(=O)(=O)c1c(C)cc(C)cc1C. The van der Waals surface area contributed by atoms with Crippen LogP contribution in [-0.4, -0.2) is 32.5 Å². The maximum atomic E-state index is 13.3. The van der Waals surface area contributed by atoms with Gasteiger partial charge in [0.2, 0.25) is 10.0 Å². The van der Waals surface area contributed by atoms with E-state index in [4.69, 9.17) is 4.74 Å². The number of aromatic nitrogens is 1. The van der Waals surface area contributed by atoms with Crippen LogP contribution < -0.4 is 10.0 Å². The second-order valence-electron chi connectivity index (χ2n) is 9.25. The number of carbonyl (C=O) groups excluding carboxylic acids is 1. The Hall–Kier alpha value is -4.01.